The molecule has 0 saturated carbocycles. The summed E-state index contributed by atoms with van der Waals surface area (Å²) in [7, 11) is 0. The van der Waals surface area contributed by atoms with Gasteiger partial charge in [-0.15, -0.1) is 11.3 Å². The fourth-order valence-corrected chi connectivity index (χ4v) is 2.55. The zero-order chi connectivity index (χ0) is 14.0. The molecular formula is C15H13FO2S. The van der Waals surface area contributed by atoms with Crippen molar-refractivity contribution in [3.8, 4) is 0 Å². The van der Waals surface area contributed by atoms with Gasteiger partial charge in [0, 0.05) is 4.88 Å². The Morgan fingerprint density at radius 2 is 2.00 bits per heavy atom. The summed E-state index contributed by atoms with van der Waals surface area (Å²) in [5, 5.41) is 11.2. The quantitative estimate of drug-likeness (QED) is 0.856. The average Bonchev–Trinajstić information content (AvgIpc) is 2.75. The van der Waals surface area contributed by atoms with Crippen LogP contribution in [0.25, 0.3) is 11.6 Å². The van der Waals surface area contributed by atoms with Crippen molar-refractivity contribution < 1.29 is 14.3 Å². The third kappa shape index (κ3) is 2.90. The zero-order valence-corrected chi connectivity index (χ0v) is 11.4. The summed E-state index contributed by atoms with van der Waals surface area (Å²) in [5.74, 6) is -1.45. The Bertz CT molecular complexity index is 656. The first-order valence-electron chi connectivity index (χ1n) is 5.74. The van der Waals surface area contributed by atoms with Crippen molar-refractivity contribution in [2.45, 2.75) is 13.8 Å². The van der Waals surface area contributed by atoms with E-state index in [1.54, 1.807) is 25.1 Å². The van der Waals surface area contributed by atoms with E-state index in [2.05, 4.69) is 0 Å². The summed E-state index contributed by atoms with van der Waals surface area (Å²) < 4.78 is 13.5. The summed E-state index contributed by atoms with van der Waals surface area (Å²) >= 11 is 1.46. The number of carbonyl (C=O) groups is 1. The minimum Gasteiger partial charge on any atom is -0.478 e. The van der Waals surface area contributed by atoms with Gasteiger partial charge in [-0.05, 0) is 54.1 Å². The van der Waals surface area contributed by atoms with Crippen LogP contribution < -0.4 is 0 Å². The van der Waals surface area contributed by atoms with Gasteiger partial charge in [0.05, 0.1) is 5.57 Å². The van der Waals surface area contributed by atoms with E-state index in [0.29, 0.717) is 11.1 Å². The molecule has 0 aliphatic heterocycles. The van der Waals surface area contributed by atoms with Crippen LogP contribution in [0.4, 0.5) is 4.39 Å². The predicted octanol–water partition coefficient (Wildman–Crippen LogP) is 4.13. The molecule has 1 N–H and O–H groups in total. The molecule has 0 spiro atoms. The van der Waals surface area contributed by atoms with Gasteiger partial charge in [-0.3, -0.25) is 0 Å². The van der Waals surface area contributed by atoms with E-state index in [4.69, 9.17) is 0 Å². The lowest BCUT2D eigenvalue weighted by molar-refractivity contribution is -0.130. The maximum absolute atomic E-state index is 13.5. The Hall–Kier alpha value is -1.94. The fourth-order valence-electron chi connectivity index (χ4n) is 1.69. The van der Waals surface area contributed by atoms with Gasteiger partial charge >= 0.3 is 5.97 Å². The topological polar surface area (TPSA) is 37.3 Å². The number of carboxylic acids is 1. The summed E-state index contributed by atoms with van der Waals surface area (Å²) in [6.45, 7) is 3.56. The van der Waals surface area contributed by atoms with Crippen LogP contribution in [0.5, 0.6) is 0 Å². The molecule has 4 heteroatoms. The Balaban J connectivity index is 2.52. The van der Waals surface area contributed by atoms with Gasteiger partial charge in [-0.2, -0.15) is 0 Å². The van der Waals surface area contributed by atoms with Crippen molar-refractivity contribution in [3.05, 3.63) is 57.0 Å². The van der Waals surface area contributed by atoms with E-state index in [9.17, 15) is 14.3 Å². The third-order valence-electron chi connectivity index (χ3n) is 2.89. The Labute approximate surface area is 114 Å². The molecule has 2 rings (SSSR count). The second-order valence-electron chi connectivity index (χ2n) is 4.29. The molecule has 2 nitrogen and oxygen atoms in total. The minimum absolute atomic E-state index is 0.101. The molecule has 1 heterocycles. The number of rotatable bonds is 3. The van der Waals surface area contributed by atoms with E-state index in [1.165, 1.54) is 17.4 Å². The monoisotopic (exact) mass is 276 g/mol. The molecule has 0 radical (unpaired) electrons. The van der Waals surface area contributed by atoms with Crippen LogP contribution in [0.1, 0.15) is 21.6 Å². The fraction of sp³-hybridized carbons (Fsp3) is 0.133. The molecule has 0 bridgehead atoms. The maximum atomic E-state index is 13.5. The van der Waals surface area contributed by atoms with E-state index in [0.717, 1.165) is 10.4 Å². The second kappa shape index (κ2) is 5.36. The van der Waals surface area contributed by atoms with Gasteiger partial charge in [-0.1, -0.05) is 12.1 Å². The predicted molar refractivity (Wildman–Crippen MR) is 75.7 cm³/mol. The number of benzene rings is 1. The lowest BCUT2D eigenvalue weighted by atomic mass is 10.0. The molecule has 0 atom stereocenters. The molecule has 1 aromatic heterocycles. The largest absolute Gasteiger partial charge is 0.478 e. The molecule has 2 aromatic rings. The van der Waals surface area contributed by atoms with E-state index < -0.39 is 11.8 Å². The number of aryl methyl sites for hydroxylation is 2. The second-order valence-corrected chi connectivity index (χ2v) is 5.24. The van der Waals surface area contributed by atoms with Crippen LogP contribution in [0.15, 0.2) is 29.6 Å². The number of halogens is 1. The summed E-state index contributed by atoms with van der Waals surface area (Å²) in [6, 6.07) is 6.40. The van der Waals surface area contributed by atoms with Crippen molar-refractivity contribution in [3.63, 3.8) is 0 Å². The molecule has 0 amide bonds. The summed E-state index contributed by atoms with van der Waals surface area (Å²) in [4.78, 5) is 12.2. The first-order chi connectivity index (χ1) is 8.99. The van der Waals surface area contributed by atoms with Crippen LogP contribution >= 0.6 is 11.3 Å². The third-order valence-corrected chi connectivity index (χ3v) is 3.86. The molecule has 98 valence electrons. The lowest BCUT2D eigenvalue weighted by Gasteiger charge is -2.05. The van der Waals surface area contributed by atoms with E-state index in [-0.39, 0.29) is 5.57 Å². The average molecular weight is 276 g/mol. The van der Waals surface area contributed by atoms with E-state index in [1.807, 2.05) is 18.4 Å². The van der Waals surface area contributed by atoms with Gasteiger partial charge in [0.1, 0.15) is 5.82 Å². The summed E-state index contributed by atoms with van der Waals surface area (Å²) in [6.07, 6.45) is 1.59. The Morgan fingerprint density at radius 1 is 1.26 bits per heavy atom. The first-order valence-corrected chi connectivity index (χ1v) is 6.62. The molecule has 1 aromatic carbocycles. The normalized spacial score (nSPS) is 11.6. The van der Waals surface area contributed by atoms with Crippen LogP contribution in [0, 0.1) is 19.7 Å². The SMILES string of the molecule is Cc1ccc(/C(=C/c2sccc2C)C(=O)O)cc1F. The Kier molecular flexibility index (Phi) is 3.81. The molecule has 0 unspecified atom stereocenters. The lowest BCUT2D eigenvalue weighted by Crippen LogP contribution is -2.00. The molecule has 0 aliphatic rings. The maximum Gasteiger partial charge on any atom is 0.336 e. The number of hydrogen-bond donors (Lipinski definition) is 1. The summed E-state index contributed by atoms with van der Waals surface area (Å²) in [5.41, 5.74) is 1.99. The van der Waals surface area contributed by atoms with Gasteiger partial charge < -0.3 is 5.11 Å². The highest BCUT2D eigenvalue weighted by Gasteiger charge is 2.13. The molecule has 0 aliphatic carbocycles. The van der Waals surface area contributed by atoms with Gasteiger partial charge in [0.2, 0.25) is 0 Å². The number of carboxylic acid groups (broad SMARTS) is 1. The molecule has 0 fully saturated rings. The first kappa shape index (κ1) is 13.5. The van der Waals surface area contributed by atoms with Crippen molar-refractivity contribution in [2.24, 2.45) is 0 Å². The van der Waals surface area contributed by atoms with Crippen molar-refractivity contribution >= 4 is 29.0 Å². The van der Waals surface area contributed by atoms with Gasteiger partial charge in [0.25, 0.3) is 0 Å². The highest BCUT2D eigenvalue weighted by Crippen LogP contribution is 2.25. The zero-order valence-electron chi connectivity index (χ0n) is 10.6. The van der Waals surface area contributed by atoms with Crippen molar-refractivity contribution in [1.29, 1.82) is 0 Å². The van der Waals surface area contributed by atoms with Crippen LogP contribution in [0.2, 0.25) is 0 Å². The van der Waals surface area contributed by atoms with Crippen LogP contribution in [0.3, 0.4) is 0 Å². The number of aliphatic carboxylic acids is 1. The standard InChI is InChI=1S/C15H13FO2S/c1-9-3-4-11(7-13(9)16)12(15(17)18)8-14-10(2)5-6-19-14/h3-8H,1-2H3,(H,17,18)/b12-8-. The highest BCUT2D eigenvalue weighted by atomic mass is 32.1. The molecule has 19 heavy (non-hydrogen) atoms. The number of hydrogen-bond acceptors (Lipinski definition) is 2. The number of thiophene rings is 1. The molecule has 0 saturated heterocycles. The van der Waals surface area contributed by atoms with Crippen molar-refractivity contribution in [1.82, 2.24) is 0 Å². The van der Waals surface area contributed by atoms with Crippen LogP contribution in [-0.4, -0.2) is 11.1 Å². The Morgan fingerprint density at radius 3 is 2.53 bits per heavy atom. The van der Waals surface area contributed by atoms with Gasteiger partial charge in [-0.25, -0.2) is 9.18 Å². The van der Waals surface area contributed by atoms with Gasteiger partial charge in [0.15, 0.2) is 0 Å². The van der Waals surface area contributed by atoms with Crippen LogP contribution in [-0.2, 0) is 4.79 Å². The molecular weight excluding hydrogens is 263 g/mol. The van der Waals surface area contributed by atoms with E-state index >= 15 is 0 Å². The smallest absolute Gasteiger partial charge is 0.336 e. The minimum atomic E-state index is -1.06. The van der Waals surface area contributed by atoms with Crippen molar-refractivity contribution in [2.75, 3.05) is 0 Å². The highest BCUT2D eigenvalue weighted by molar-refractivity contribution is 7.11.